The van der Waals surface area contributed by atoms with E-state index in [0.29, 0.717) is 23.7 Å². The Hall–Kier alpha value is -3.26. The quantitative estimate of drug-likeness (QED) is 0.654. The van der Waals surface area contributed by atoms with Crippen molar-refractivity contribution in [1.82, 2.24) is 0 Å². The molecule has 0 fully saturated rings. The lowest BCUT2D eigenvalue weighted by atomic mass is 10.1. The smallest absolute Gasteiger partial charge is 0.259 e. The topological polar surface area (TPSA) is 85.3 Å². The van der Waals surface area contributed by atoms with E-state index < -0.39 is 5.91 Å². The van der Waals surface area contributed by atoms with Crippen molar-refractivity contribution in [3.63, 3.8) is 0 Å². The summed E-state index contributed by atoms with van der Waals surface area (Å²) in [5.41, 5.74) is 7.79. The summed E-state index contributed by atoms with van der Waals surface area (Å²) in [4.78, 5) is 11.3. The van der Waals surface area contributed by atoms with Crippen LogP contribution in [0.3, 0.4) is 0 Å². The van der Waals surface area contributed by atoms with E-state index in [2.05, 4.69) is 0 Å². The Kier molecular flexibility index (Phi) is 5.58. The highest BCUT2D eigenvalue weighted by atomic mass is 16.5. The zero-order valence-electron chi connectivity index (χ0n) is 13.6. The molecule has 0 heterocycles. The third-order valence-electron chi connectivity index (χ3n) is 3.38. The fourth-order valence-corrected chi connectivity index (χ4v) is 2.16. The minimum atomic E-state index is -0.780. The summed E-state index contributed by atoms with van der Waals surface area (Å²) >= 11 is 0. The Morgan fingerprint density at radius 1 is 1.29 bits per heavy atom. The molecule has 0 atom stereocenters. The number of nitriles is 1. The second-order valence-electron chi connectivity index (χ2n) is 5.22. The van der Waals surface area contributed by atoms with Crippen molar-refractivity contribution in [2.45, 2.75) is 13.5 Å². The molecule has 24 heavy (non-hydrogen) atoms. The number of aryl methyl sites for hydroxylation is 1. The van der Waals surface area contributed by atoms with Crippen molar-refractivity contribution in [3.8, 4) is 17.6 Å². The van der Waals surface area contributed by atoms with Crippen LogP contribution in [0.25, 0.3) is 6.08 Å². The lowest BCUT2D eigenvalue weighted by molar-refractivity contribution is -0.114. The third-order valence-corrected chi connectivity index (χ3v) is 3.38. The molecule has 2 aromatic rings. The Morgan fingerprint density at radius 2 is 2.08 bits per heavy atom. The second-order valence-corrected chi connectivity index (χ2v) is 5.22. The molecule has 122 valence electrons. The minimum Gasteiger partial charge on any atom is -0.497 e. The van der Waals surface area contributed by atoms with Gasteiger partial charge >= 0.3 is 0 Å². The second kappa shape index (κ2) is 7.84. The number of hydrogen-bond donors (Lipinski definition) is 1. The average molecular weight is 322 g/mol. The summed E-state index contributed by atoms with van der Waals surface area (Å²) in [5, 5.41) is 9.00. The van der Waals surface area contributed by atoms with Gasteiger partial charge in [-0.3, -0.25) is 4.79 Å². The number of hydrogen-bond acceptors (Lipinski definition) is 4. The number of rotatable bonds is 6. The monoisotopic (exact) mass is 322 g/mol. The average Bonchev–Trinajstić information content (AvgIpc) is 2.58. The van der Waals surface area contributed by atoms with Gasteiger partial charge in [-0.15, -0.1) is 0 Å². The maximum atomic E-state index is 11.3. The van der Waals surface area contributed by atoms with Gasteiger partial charge in [0.1, 0.15) is 29.7 Å². The first-order valence-electron chi connectivity index (χ1n) is 7.31. The molecule has 0 saturated carbocycles. The summed E-state index contributed by atoms with van der Waals surface area (Å²) < 4.78 is 11.1. The predicted octanol–water partition coefficient (Wildman–Crippen LogP) is 2.97. The van der Waals surface area contributed by atoms with Gasteiger partial charge in [0.2, 0.25) is 0 Å². The van der Waals surface area contributed by atoms with Crippen molar-refractivity contribution < 1.29 is 14.3 Å². The van der Waals surface area contributed by atoms with E-state index in [1.54, 1.807) is 31.4 Å². The molecule has 0 aromatic heterocycles. The molecule has 0 saturated heterocycles. The lowest BCUT2D eigenvalue weighted by Gasteiger charge is -2.12. The zero-order chi connectivity index (χ0) is 17.5. The molecule has 0 aliphatic rings. The number of nitrogens with zero attached hydrogens (tertiary/aromatic N) is 1. The van der Waals surface area contributed by atoms with Crippen LogP contribution in [0.5, 0.6) is 11.5 Å². The van der Waals surface area contributed by atoms with Crippen molar-refractivity contribution in [1.29, 1.82) is 5.26 Å². The van der Waals surface area contributed by atoms with Crippen LogP contribution in [0.1, 0.15) is 16.7 Å². The molecule has 0 aliphatic heterocycles. The highest BCUT2D eigenvalue weighted by molar-refractivity contribution is 6.00. The standard InChI is InChI=1S/C19H18N2O3/c1-13-4-3-5-14(8-13)12-24-18-10-17(23-2)7-6-15(18)9-16(11-20)19(21)22/h3-10H,12H2,1-2H3,(H2,21,22)/b16-9+. The summed E-state index contributed by atoms with van der Waals surface area (Å²) in [6.07, 6.45) is 1.41. The SMILES string of the molecule is COc1ccc(/C=C(\C#N)C(N)=O)c(OCc2cccc(C)c2)c1. The minimum absolute atomic E-state index is 0.138. The number of methoxy groups -OCH3 is 1. The molecule has 0 bridgehead atoms. The number of amides is 1. The molecule has 0 aliphatic carbocycles. The molecule has 0 spiro atoms. The van der Waals surface area contributed by atoms with Gasteiger partial charge in [0.05, 0.1) is 7.11 Å². The van der Waals surface area contributed by atoms with Gasteiger partial charge in [-0.25, -0.2) is 0 Å². The van der Waals surface area contributed by atoms with Crippen LogP contribution in [0.4, 0.5) is 0 Å². The highest BCUT2D eigenvalue weighted by Crippen LogP contribution is 2.27. The van der Waals surface area contributed by atoms with E-state index in [0.717, 1.165) is 11.1 Å². The van der Waals surface area contributed by atoms with Crippen molar-refractivity contribution >= 4 is 12.0 Å². The van der Waals surface area contributed by atoms with Gasteiger partial charge in [-0.1, -0.05) is 29.8 Å². The van der Waals surface area contributed by atoms with Crippen LogP contribution in [0, 0.1) is 18.3 Å². The number of carbonyl (C=O) groups is 1. The molecule has 2 rings (SSSR count). The molecule has 0 radical (unpaired) electrons. The van der Waals surface area contributed by atoms with E-state index >= 15 is 0 Å². The Morgan fingerprint density at radius 3 is 2.71 bits per heavy atom. The van der Waals surface area contributed by atoms with Gasteiger partial charge in [0, 0.05) is 11.6 Å². The zero-order valence-corrected chi connectivity index (χ0v) is 13.6. The van der Waals surface area contributed by atoms with Gasteiger partial charge in [0.25, 0.3) is 5.91 Å². The molecule has 2 aromatic carbocycles. The normalized spacial score (nSPS) is 10.8. The van der Waals surface area contributed by atoms with E-state index in [9.17, 15) is 4.79 Å². The van der Waals surface area contributed by atoms with Crippen LogP contribution in [0.15, 0.2) is 48.0 Å². The fraction of sp³-hybridized carbons (Fsp3) is 0.158. The number of carbonyl (C=O) groups excluding carboxylic acids is 1. The van der Waals surface area contributed by atoms with E-state index in [1.165, 1.54) is 6.08 Å². The molecular weight excluding hydrogens is 304 g/mol. The molecule has 2 N–H and O–H groups in total. The number of benzene rings is 2. The molecule has 1 amide bonds. The largest absolute Gasteiger partial charge is 0.497 e. The number of nitrogens with two attached hydrogens (primary N) is 1. The molecule has 0 unspecified atom stereocenters. The molecule has 5 heteroatoms. The number of primary amides is 1. The lowest BCUT2D eigenvalue weighted by Crippen LogP contribution is -2.12. The Balaban J connectivity index is 2.32. The fourth-order valence-electron chi connectivity index (χ4n) is 2.16. The summed E-state index contributed by atoms with van der Waals surface area (Å²) in [7, 11) is 1.55. The summed E-state index contributed by atoms with van der Waals surface area (Å²) in [6.45, 7) is 2.36. The molecule has 5 nitrogen and oxygen atoms in total. The van der Waals surface area contributed by atoms with Crippen LogP contribution in [0.2, 0.25) is 0 Å². The summed E-state index contributed by atoms with van der Waals surface area (Å²) in [6, 6.07) is 14.9. The van der Waals surface area contributed by atoms with Gasteiger partial charge < -0.3 is 15.2 Å². The highest BCUT2D eigenvalue weighted by Gasteiger charge is 2.09. The first-order chi connectivity index (χ1) is 11.5. The van der Waals surface area contributed by atoms with E-state index in [4.69, 9.17) is 20.5 Å². The van der Waals surface area contributed by atoms with Crippen LogP contribution < -0.4 is 15.2 Å². The number of ether oxygens (including phenoxy) is 2. The first-order valence-corrected chi connectivity index (χ1v) is 7.31. The maximum absolute atomic E-state index is 11.3. The van der Waals surface area contributed by atoms with Gasteiger partial charge in [0.15, 0.2) is 0 Å². The van der Waals surface area contributed by atoms with E-state index in [-0.39, 0.29) is 5.57 Å². The third kappa shape index (κ3) is 4.37. The van der Waals surface area contributed by atoms with Crippen molar-refractivity contribution in [2.75, 3.05) is 7.11 Å². The molecular formula is C19H18N2O3. The Labute approximate surface area is 140 Å². The van der Waals surface area contributed by atoms with Crippen molar-refractivity contribution in [2.24, 2.45) is 5.73 Å². The van der Waals surface area contributed by atoms with E-state index in [1.807, 2.05) is 31.2 Å². The van der Waals surface area contributed by atoms with Gasteiger partial charge in [-0.2, -0.15) is 5.26 Å². The maximum Gasteiger partial charge on any atom is 0.259 e. The summed E-state index contributed by atoms with van der Waals surface area (Å²) in [5.74, 6) is 0.340. The van der Waals surface area contributed by atoms with Crippen LogP contribution in [-0.2, 0) is 11.4 Å². The van der Waals surface area contributed by atoms with Crippen molar-refractivity contribution in [3.05, 3.63) is 64.7 Å². The first kappa shape index (κ1) is 17.1. The predicted molar refractivity (Wildman–Crippen MR) is 91.3 cm³/mol. The van der Waals surface area contributed by atoms with Gasteiger partial charge in [-0.05, 0) is 30.7 Å². The van der Waals surface area contributed by atoms with Crippen LogP contribution >= 0.6 is 0 Å². The Bertz CT molecular complexity index is 820. The van der Waals surface area contributed by atoms with Crippen LogP contribution in [-0.4, -0.2) is 13.0 Å².